The van der Waals surface area contributed by atoms with Crippen LogP contribution in [0.4, 0.5) is 5.69 Å². The van der Waals surface area contributed by atoms with Crippen LogP contribution in [0.25, 0.3) is 0 Å². The maximum absolute atomic E-state index is 12.7. The van der Waals surface area contributed by atoms with Crippen LogP contribution in [0.1, 0.15) is 32.1 Å². The maximum Gasteiger partial charge on any atom is 0.243 e. The van der Waals surface area contributed by atoms with Crippen LogP contribution in [-0.4, -0.2) is 70.4 Å². The SMILES string of the molecule is O=C(CSc1nnnn1CC1CCCO1)Nc1ccc(S(=O)(=O)N2CCCCC2)cc1. The van der Waals surface area contributed by atoms with Crippen molar-refractivity contribution in [3.63, 3.8) is 0 Å². The van der Waals surface area contributed by atoms with Crippen LogP contribution in [0.15, 0.2) is 34.3 Å². The van der Waals surface area contributed by atoms with Gasteiger partial charge >= 0.3 is 0 Å². The van der Waals surface area contributed by atoms with E-state index < -0.39 is 10.0 Å². The molecule has 2 aliphatic heterocycles. The number of anilines is 1. The lowest BCUT2D eigenvalue weighted by Gasteiger charge is -2.25. The van der Waals surface area contributed by atoms with E-state index in [9.17, 15) is 13.2 Å². The standard InChI is InChI=1S/C19H26N6O4S2/c26-18(14-30-19-21-22-23-25(19)13-16-5-4-12-29-16)20-15-6-8-17(9-7-15)31(27,28)24-10-2-1-3-11-24/h6-9,16H,1-5,10-14H2,(H,20,26). The number of carbonyl (C=O) groups excluding carboxylic acids is 1. The summed E-state index contributed by atoms with van der Waals surface area (Å²) in [5, 5.41) is 15.0. The Morgan fingerprint density at radius 3 is 2.65 bits per heavy atom. The molecule has 0 spiro atoms. The molecule has 168 valence electrons. The normalized spacial score (nSPS) is 20.1. The molecule has 0 aliphatic carbocycles. The highest BCUT2D eigenvalue weighted by Gasteiger charge is 2.25. The number of aromatic nitrogens is 4. The van der Waals surface area contributed by atoms with Crippen molar-refractivity contribution in [1.82, 2.24) is 24.5 Å². The van der Waals surface area contributed by atoms with E-state index in [1.807, 2.05) is 0 Å². The minimum absolute atomic E-state index is 0.108. The molecule has 4 rings (SSSR count). The highest BCUT2D eigenvalue weighted by molar-refractivity contribution is 7.99. The number of piperidine rings is 1. The molecule has 1 amide bonds. The van der Waals surface area contributed by atoms with E-state index in [2.05, 4.69) is 20.8 Å². The lowest BCUT2D eigenvalue weighted by atomic mass is 10.2. The molecule has 0 saturated carbocycles. The predicted molar refractivity (Wildman–Crippen MR) is 115 cm³/mol. The zero-order valence-electron chi connectivity index (χ0n) is 17.1. The molecule has 2 aromatic rings. The van der Waals surface area contributed by atoms with Crippen LogP contribution in [0, 0.1) is 0 Å². The van der Waals surface area contributed by atoms with Crippen molar-refractivity contribution >= 4 is 33.4 Å². The molecule has 2 saturated heterocycles. The summed E-state index contributed by atoms with van der Waals surface area (Å²) < 4.78 is 34.2. The van der Waals surface area contributed by atoms with Gasteiger partial charge in [-0.25, -0.2) is 13.1 Å². The number of nitrogens with zero attached hydrogens (tertiary/aromatic N) is 5. The van der Waals surface area contributed by atoms with Crippen molar-refractivity contribution in [3.05, 3.63) is 24.3 Å². The van der Waals surface area contributed by atoms with Crippen molar-refractivity contribution in [2.75, 3.05) is 30.8 Å². The minimum atomic E-state index is -3.48. The largest absolute Gasteiger partial charge is 0.376 e. The van der Waals surface area contributed by atoms with Gasteiger partial charge in [-0.15, -0.1) is 5.10 Å². The molecule has 1 aromatic heterocycles. The summed E-state index contributed by atoms with van der Waals surface area (Å²) in [6, 6.07) is 6.30. The van der Waals surface area contributed by atoms with Crippen LogP contribution < -0.4 is 5.32 Å². The fourth-order valence-electron chi connectivity index (χ4n) is 3.69. The number of sulfonamides is 1. The molecule has 1 unspecified atom stereocenters. The van der Waals surface area contributed by atoms with Crippen molar-refractivity contribution in [2.24, 2.45) is 0 Å². The molecule has 31 heavy (non-hydrogen) atoms. The van der Waals surface area contributed by atoms with E-state index in [1.165, 1.54) is 28.2 Å². The van der Waals surface area contributed by atoms with Gasteiger partial charge in [0.15, 0.2) is 0 Å². The summed E-state index contributed by atoms with van der Waals surface area (Å²) >= 11 is 1.25. The van der Waals surface area contributed by atoms with Gasteiger partial charge in [0.2, 0.25) is 21.1 Å². The van der Waals surface area contributed by atoms with Crippen molar-refractivity contribution in [1.29, 1.82) is 0 Å². The quantitative estimate of drug-likeness (QED) is 0.585. The Morgan fingerprint density at radius 1 is 1.16 bits per heavy atom. The summed E-state index contributed by atoms with van der Waals surface area (Å²) in [7, 11) is -3.48. The van der Waals surface area contributed by atoms with Gasteiger partial charge in [-0.05, 0) is 60.4 Å². The number of benzene rings is 1. The summed E-state index contributed by atoms with van der Waals surface area (Å²) in [6.45, 7) is 2.45. The van der Waals surface area contributed by atoms with Gasteiger partial charge in [0.25, 0.3) is 0 Å². The minimum Gasteiger partial charge on any atom is -0.376 e. The number of tetrazole rings is 1. The molecule has 1 N–H and O–H groups in total. The van der Waals surface area contributed by atoms with Crippen LogP contribution in [-0.2, 0) is 26.1 Å². The number of nitrogens with one attached hydrogen (secondary N) is 1. The molecule has 0 bridgehead atoms. The summed E-state index contributed by atoms with van der Waals surface area (Å²) in [6.07, 6.45) is 4.97. The number of amides is 1. The number of carbonyl (C=O) groups is 1. The van der Waals surface area contributed by atoms with Crippen LogP contribution in [0.2, 0.25) is 0 Å². The number of hydrogen-bond donors (Lipinski definition) is 1. The van der Waals surface area contributed by atoms with Gasteiger partial charge < -0.3 is 10.1 Å². The second-order valence-electron chi connectivity index (χ2n) is 7.60. The van der Waals surface area contributed by atoms with Crippen molar-refractivity contribution < 1.29 is 17.9 Å². The third-order valence-corrected chi connectivity index (χ3v) is 8.19. The van der Waals surface area contributed by atoms with E-state index in [-0.39, 0.29) is 22.7 Å². The van der Waals surface area contributed by atoms with E-state index in [1.54, 1.807) is 16.8 Å². The first-order chi connectivity index (χ1) is 15.0. The van der Waals surface area contributed by atoms with Gasteiger partial charge in [-0.3, -0.25) is 4.79 Å². The topological polar surface area (TPSA) is 119 Å². The summed E-state index contributed by atoms with van der Waals surface area (Å²) in [5.41, 5.74) is 0.544. The summed E-state index contributed by atoms with van der Waals surface area (Å²) in [5.74, 6) is -0.0805. The molecule has 1 atom stereocenters. The Bertz CT molecular complexity index is 983. The van der Waals surface area contributed by atoms with Gasteiger partial charge in [0.05, 0.1) is 23.3 Å². The van der Waals surface area contributed by atoms with E-state index >= 15 is 0 Å². The Morgan fingerprint density at radius 2 is 1.94 bits per heavy atom. The smallest absolute Gasteiger partial charge is 0.243 e. The summed E-state index contributed by atoms with van der Waals surface area (Å²) in [4.78, 5) is 12.6. The fraction of sp³-hybridized carbons (Fsp3) is 0.579. The average molecular weight is 467 g/mol. The Labute approximate surface area is 185 Å². The molecule has 2 aliphatic rings. The maximum atomic E-state index is 12.7. The number of ether oxygens (including phenoxy) is 1. The predicted octanol–water partition coefficient (Wildman–Crippen LogP) is 1.76. The first kappa shape index (κ1) is 22.2. The molecule has 12 heteroatoms. The zero-order valence-corrected chi connectivity index (χ0v) is 18.8. The highest BCUT2D eigenvalue weighted by Crippen LogP contribution is 2.23. The van der Waals surface area contributed by atoms with Gasteiger partial charge in [-0.1, -0.05) is 18.2 Å². The van der Waals surface area contributed by atoms with Crippen molar-refractivity contribution in [3.8, 4) is 0 Å². The number of hydrogen-bond acceptors (Lipinski definition) is 8. The molecule has 2 fully saturated rings. The number of rotatable bonds is 8. The van der Waals surface area contributed by atoms with Gasteiger partial charge in [-0.2, -0.15) is 4.31 Å². The second-order valence-corrected chi connectivity index (χ2v) is 10.5. The van der Waals surface area contributed by atoms with Crippen LogP contribution in [0.3, 0.4) is 0 Å². The van der Waals surface area contributed by atoms with E-state index in [4.69, 9.17) is 4.74 Å². The van der Waals surface area contributed by atoms with Crippen LogP contribution >= 0.6 is 11.8 Å². The number of thioether (sulfide) groups is 1. The average Bonchev–Trinajstić information content (AvgIpc) is 3.46. The third kappa shape index (κ3) is 5.62. The van der Waals surface area contributed by atoms with Crippen LogP contribution in [0.5, 0.6) is 0 Å². The molecular weight excluding hydrogens is 440 g/mol. The monoisotopic (exact) mass is 466 g/mol. The molecule has 3 heterocycles. The van der Waals surface area contributed by atoms with Crippen molar-refractivity contribution in [2.45, 2.75) is 54.8 Å². The molecule has 0 radical (unpaired) electrons. The fourth-order valence-corrected chi connectivity index (χ4v) is 5.89. The van der Waals surface area contributed by atoms with Gasteiger partial charge in [0.1, 0.15) is 0 Å². The molecule has 10 nitrogen and oxygen atoms in total. The van der Waals surface area contributed by atoms with E-state index in [0.717, 1.165) is 38.7 Å². The third-order valence-electron chi connectivity index (χ3n) is 5.32. The Balaban J connectivity index is 1.30. The lowest BCUT2D eigenvalue weighted by Crippen LogP contribution is -2.35. The Kier molecular flexibility index (Phi) is 7.20. The Hall–Kier alpha value is -2.02. The lowest BCUT2D eigenvalue weighted by molar-refractivity contribution is -0.113. The first-order valence-electron chi connectivity index (χ1n) is 10.4. The first-order valence-corrected chi connectivity index (χ1v) is 12.9. The second kappa shape index (κ2) is 10.1. The molecule has 1 aromatic carbocycles. The zero-order chi connectivity index (χ0) is 21.7. The highest BCUT2D eigenvalue weighted by atomic mass is 32.2. The molecular formula is C19H26N6O4S2. The van der Waals surface area contributed by atoms with Gasteiger partial charge in [0, 0.05) is 25.4 Å². The van der Waals surface area contributed by atoms with E-state index in [0.29, 0.717) is 30.5 Å².